The monoisotopic (exact) mass is 366 g/mol. The lowest BCUT2D eigenvalue weighted by molar-refractivity contribution is -0.149. The molecule has 1 aromatic heterocycles. The molecule has 0 saturated carbocycles. The molecule has 0 spiro atoms. The van der Waals surface area contributed by atoms with Crippen molar-refractivity contribution in [3.8, 4) is 0 Å². The molecule has 2 aromatic rings. The van der Waals surface area contributed by atoms with Gasteiger partial charge < -0.3 is 10.1 Å². The standard InChI is InChI=1S/C17H16Cl2N2O3/c1-2-13(11-6-4-3-5-7-11)17(23)24-10-15(22)21-16-14(19)8-12(18)9-20-16/h3-9,13H,2,10H2,1H3,(H,20,21,22). The van der Waals surface area contributed by atoms with Gasteiger partial charge in [-0.2, -0.15) is 0 Å². The molecule has 0 radical (unpaired) electrons. The number of aromatic nitrogens is 1. The highest BCUT2D eigenvalue weighted by Gasteiger charge is 2.21. The molecule has 0 aliphatic heterocycles. The zero-order valence-electron chi connectivity index (χ0n) is 13.0. The second-order valence-corrected chi connectivity index (χ2v) is 5.86. The van der Waals surface area contributed by atoms with E-state index in [1.54, 1.807) is 0 Å². The number of halogens is 2. The van der Waals surface area contributed by atoms with Gasteiger partial charge >= 0.3 is 5.97 Å². The van der Waals surface area contributed by atoms with E-state index in [-0.39, 0.29) is 10.8 Å². The summed E-state index contributed by atoms with van der Waals surface area (Å²) in [5.41, 5.74) is 0.854. The Morgan fingerprint density at radius 2 is 1.96 bits per heavy atom. The van der Waals surface area contributed by atoms with Crippen molar-refractivity contribution in [2.75, 3.05) is 11.9 Å². The molecule has 1 unspecified atom stereocenters. The topological polar surface area (TPSA) is 68.3 Å². The number of hydrogen-bond donors (Lipinski definition) is 1. The van der Waals surface area contributed by atoms with Gasteiger partial charge in [0, 0.05) is 6.20 Å². The second-order valence-electron chi connectivity index (χ2n) is 5.01. The van der Waals surface area contributed by atoms with Crippen molar-refractivity contribution in [2.45, 2.75) is 19.3 Å². The Morgan fingerprint density at radius 1 is 1.25 bits per heavy atom. The maximum Gasteiger partial charge on any atom is 0.313 e. The largest absolute Gasteiger partial charge is 0.455 e. The minimum absolute atomic E-state index is 0.164. The Hall–Kier alpha value is -2.11. The summed E-state index contributed by atoms with van der Waals surface area (Å²) in [6.07, 6.45) is 1.94. The minimum atomic E-state index is -0.525. The number of amides is 1. The van der Waals surface area contributed by atoms with E-state index in [0.717, 1.165) is 5.56 Å². The zero-order chi connectivity index (χ0) is 17.5. The van der Waals surface area contributed by atoms with Crippen molar-refractivity contribution in [3.05, 3.63) is 58.2 Å². The maximum atomic E-state index is 12.2. The van der Waals surface area contributed by atoms with Crippen LogP contribution in [0.15, 0.2) is 42.6 Å². The van der Waals surface area contributed by atoms with Crippen molar-refractivity contribution >= 4 is 40.9 Å². The van der Waals surface area contributed by atoms with Crippen molar-refractivity contribution < 1.29 is 14.3 Å². The van der Waals surface area contributed by atoms with E-state index in [2.05, 4.69) is 10.3 Å². The van der Waals surface area contributed by atoms with E-state index in [9.17, 15) is 9.59 Å². The number of rotatable bonds is 6. The molecule has 0 fully saturated rings. The summed E-state index contributed by atoms with van der Waals surface area (Å²) >= 11 is 11.7. The van der Waals surface area contributed by atoms with E-state index < -0.39 is 24.4 Å². The Labute approximate surface area is 149 Å². The van der Waals surface area contributed by atoms with Crippen LogP contribution in [0.25, 0.3) is 0 Å². The first-order chi connectivity index (χ1) is 11.5. The van der Waals surface area contributed by atoms with Crippen molar-refractivity contribution in [2.24, 2.45) is 0 Å². The SMILES string of the molecule is CCC(C(=O)OCC(=O)Nc1ncc(Cl)cc1Cl)c1ccccc1. The first-order valence-corrected chi connectivity index (χ1v) is 8.09. The van der Waals surface area contributed by atoms with Crippen LogP contribution in [0.2, 0.25) is 10.0 Å². The summed E-state index contributed by atoms with van der Waals surface area (Å²) in [5, 5.41) is 3.04. The summed E-state index contributed by atoms with van der Waals surface area (Å²) < 4.78 is 5.10. The molecule has 0 aliphatic rings. The van der Waals surface area contributed by atoms with Gasteiger partial charge in [-0.3, -0.25) is 9.59 Å². The first-order valence-electron chi connectivity index (χ1n) is 7.33. The lowest BCUT2D eigenvalue weighted by atomic mass is 9.97. The van der Waals surface area contributed by atoms with Crippen LogP contribution >= 0.6 is 23.2 Å². The van der Waals surface area contributed by atoms with Crippen LogP contribution in [0.5, 0.6) is 0 Å². The van der Waals surface area contributed by atoms with Gasteiger partial charge in [-0.25, -0.2) is 4.98 Å². The lowest BCUT2D eigenvalue weighted by Gasteiger charge is -2.14. The van der Waals surface area contributed by atoms with Crippen LogP contribution in [0, 0.1) is 0 Å². The highest BCUT2D eigenvalue weighted by molar-refractivity contribution is 6.36. The molecule has 2 rings (SSSR count). The zero-order valence-corrected chi connectivity index (χ0v) is 14.5. The molecule has 0 bridgehead atoms. The number of pyridine rings is 1. The maximum absolute atomic E-state index is 12.2. The van der Waals surface area contributed by atoms with Gasteiger partial charge in [0.15, 0.2) is 12.4 Å². The van der Waals surface area contributed by atoms with Crippen molar-refractivity contribution in [1.29, 1.82) is 0 Å². The van der Waals surface area contributed by atoms with Gasteiger partial charge in [0.25, 0.3) is 5.91 Å². The van der Waals surface area contributed by atoms with Gasteiger partial charge in [0.1, 0.15) is 0 Å². The summed E-state index contributed by atoms with van der Waals surface area (Å²) in [7, 11) is 0. The molecule has 126 valence electrons. The fraction of sp³-hybridized carbons (Fsp3) is 0.235. The average molecular weight is 367 g/mol. The number of hydrogen-bond acceptors (Lipinski definition) is 4. The van der Waals surface area contributed by atoms with Crippen LogP contribution in [0.4, 0.5) is 5.82 Å². The molecule has 0 aliphatic carbocycles. The number of nitrogens with zero attached hydrogens (tertiary/aromatic N) is 1. The third-order valence-corrected chi connectivity index (χ3v) is 3.80. The number of nitrogens with one attached hydrogen (secondary N) is 1. The number of ether oxygens (including phenoxy) is 1. The summed E-state index contributed by atoms with van der Waals surface area (Å²) in [6, 6.07) is 10.7. The van der Waals surface area contributed by atoms with E-state index >= 15 is 0 Å². The van der Waals surface area contributed by atoms with Gasteiger partial charge in [0.05, 0.1) is 16.0 Å². The van der Waals surface area contributed by atoms with Gasteiger partial charge in [-0.05, 0) is 18.1 Å². The predicted molar refractivity (Wildman–Crippen MR) is 93.3 cm³/mol. The number of carbonyl (C=O) groups is 2. The Bertz CT molecular complexity index is 723. The van der Waals surface area contributed by atoms with Gasteiger partial charge in [0.2, 0.25) is 0 Å². The third-order valence-electron chi connectivity index (χ3n) is 3.31. The lowest BCUT2D eigenvalue weighted by Crippen LogP contribution is -2.24. The van der Waals surface area contributed by atoms with E-state index in [0.29, 0.717) is 11.4 Å². The van der Waals surface area contributed by atoms with Crippen LogP contribution < -0.4 is 5.32 Å². The average Bonchev–Trinajstić information content (AvgIpc) is 2.57. The van der Waals surface area contributed by atoms with E-state index in [1.165, 1.54) is 12.3 Å². The fourth-order valence-corrected chi connectivity index (χ4v) is 2.56. The van der Waals surface area contributed by atoms with E-state index in [1.807, 2.05) is 37.3 Å². The Balaban J connectivity index is 1.92. The number of benzene rings is 1. The molecule has 24 heavy (non-hydrogen) atoms. The Kier molecular flexibility index (Phi) is 6.58. The molecule has 1 heterocycles. The summed E-state index contributed by atoms with van der Waals surface area (Å²) in [5.74, 6) is -1.22. The number of esters is 1. The number of anilines is 1. The molecule has 1 amide bonds. The molecule has 1 atom stereocenters. The summed E-state index contributed by atoms with van der Waals surface area (Å²) in [4.78, 5) is 28.0. The van der Waals surface area contributed by atoms with Crippen molar-refractivity contribution in [1.82, 2.24) is 4.98 Å². The molecular weight excluding hydrogens is 351 g/mol. The summed E-state index contributed by atoms with van der Waals surface area (Å²) in [6.45, 7) is 1.47. The molecule has 1 aromatic carbocycles. The predicted octanol–water partition coefficient (Wildman–Crippen LogP) is 4.06. The molecule has 7 heteroatoms. The first kappa shape index (κ1) is 18.2. The van der Waals surface area contributed by atoms with E-state index in [4.69, 9.17) is 27.9 Å². The smallest absolute Gasteiger partial charge is 0.313 e. The molecule has 5 nitrogen and oxygen atoms in total. The van der Waals surface area contributed by atoms with Crippen LogP contribution in [-0.4, -0.2) is 23.5 Å². The highest BCUT2D eigenvalue weighted by Crippen LogP contribution is 2.23. The van der Waals surface area contributed by atoms with Crippen molar-refractivity contribution in [3.63, 3.8) is 0 Å². The quantitative estimate of drug-likeness (QED) is 0.782. The fourth-order valence-electron chi connectivity index (χ4n) is 2.14. The van der Waals surface area contributed by atoms with Crippen LogP contribution in [-0.2, 0) is 14.3 Å². The third kappa shape index (κ3) is 4.94. The number of carbonyl (C=O) groups excluding carboxylic acids is 2. The Morgan fingerprint density at radius 3 is 2.58 bits per heavy atom. The normalized spacial score (nSPS) is 11.6. The van der Waals surface area contributed by atoms with Gasteiger partial charge in [-0.1, -0.05) is 60.5 Å². The molecule has 1 N–H and O–H groups in total. The molecular formula is C17H16Cl2N2O3. The van der Waals surface area contributed by atoms with Crippen LogP contribution in [0.1, 0.15) is 24.8 Å². The van der Waals surface area contributed by atoms with Gasteiger partial charge in [-0.15, -0.1) is 0 Å². The molecule has 0 saturated heterocycles. The highest BCUT2D eigenvalue weighted by atomic mass is 35.5. The minimum Gasteiger partial charge on any atom is -0.455 e. The van der Waals surface area contributed by atoms with Crippen LogP contribution in [0.3, 0.4) is 0 Å². The second kappa shape index (κ2) is 8.66.